The lowest BCUT2D eigenvalue weighted by Crippen LogP contribution is -2.37. The minimum atomic E-state index is -0.326. The summed E-state index contributed by atoms with van der Waals surface area (Å²) < 4.78 is 10.4. The smallest absolute Gasteiger partial charge is 0.161 e. The molecule has 0 saturated carbocycles. The van der Waals surface area contributed by atoms with E-state index in [0.717, 1.165) is 5.56 Å². The quantitative estimate of drug-likeness (QED) is 0.669. The van der Waals surface area contributed by atoms with Gasteiger partial charge in [0, 0.05) is 6.04 Å². The van der Waals surface area contributed by atoms with E-state index in [1.165, 1.54) is 0 Å². The van der Waals surface area contributed by atoms with Crippen molar-refractivity contribution in [3.8, 4) is 11.5 Å². The van der Waals surface area contributed by atoms with Gasteiger partial charge in [-0.05, 0) is 24.6 Å². The molecule has 5 heteroatoms. The summed E-state index contributed by atoms with van der Waals surface area (Å²) in [5.41, 5.74) is 1.000. The highest BCUT2D eigenvalue weighted by atomic mass is 16.5. The molecule has 0 aliphatic rings. The Balaban J connectivity index is 2.82. The van der Waals surface area contributed by atoms with Gasteiger partial charge in [0.2, 0.25) is 0 Å². The minimum absolute atomic E-state index is 0.00546. The molecular formula is C13H21NO4. The summed E-state index contributed by atoms with van der Waals surface area (Å²) >= 11 is 0. The molecule has 1 atom stereocenters. The van der Waals surface area contributed by atoms with Crippen molar-refractivity contribution in [1.82, 2.24) is 5.32 Å². The zero-order chi connectivity index (χ0) is 13.5. The first-order valence-corrected chi connectivity index (χ1v) is 5.86. The number of hydrogen-bond donors (Lipinski definition) is 3. The molecule has 1 rings (SSSR count). The molecule has 0 amide bonds. The predicted octanol–water partition coefficient (Wildman–Crippen LogP) is 0.708. The summed E-state index contributed by atoms with van der Waals surface area (Å²) in [5.74, 6) is 1.34. The molecule has 0 aliphatic heterocycles. The fourth-order valence-corrected chi connectivity index (χ4v) is 1.74. The first-order valence-electron chi connectivity index (χ1n) is 5.86. The molecule has 0 heterocycles. The van der Waals surface area contributed by atoms with Gasteiger partial charge in [0.25, 0.3) is 0 Å². The van der Waals surface area contributed by atoms with Gasteiger partial charge in [0.1, 0.15) is 0 Å². The van der Waals surface area contributed by atoms with E-state index in [9.17, 15) is 0 Å². The SMILES string of the molecule is COc1ccc(C(C)NC(CO)CO)cc1OC. The Bertz CT molecular complexity index is 366. The zero-order valence-electron chi connectivity index (χ0n) is 11.0. The van der Waals surface area contributed by atoms with Crippen LogP contribution in [0.15, 0.2) is 18.2 Å². The number of hydrogen-bond acceptors (Lipinski definition) is 5. The predicted molar refractivity (Wildman–Crippen MR) is 69.1 cm³/mol. The van der Waals surface area contributed by atoms with E-state index in [1.54, 1.807) is 14.2 Å². The summed E-state index contributed by atoms with van der Waals surface area (Å²) in [5, 5.41) is 21.2. The average molecular weight is 255 g/mol. The fraction of sp³-hybridized carbons (Fsp3) is 0.538. The Labute approximate surface area is 107 Å². The summed E-state index contributed by atoms with van der Waals surface area (Å²) in [7, 11) is 3.18. The Morgan fingerprint density at radius 3 is 2.22 bits per heavy atom. The summed E-state index contributed by atoms with van der Waals surface area (Å²) in [6.45, 7) is 1.75. The first kappa shape index (κ1) is 14.8. The molecule has 1 aromatic rings. The van der Waals surface area contributed by atoms with E-state index in [1.807, 2.05) is 25.1 Å². The summed E-state index contributed by atoms with van der Waals surface area (Å²) in [6.07, 6.45) is 0. The molecule has 0 aliphatic carbocycles. The van der Waals surface area contributed by atoms with Crippen LogP contribution in [0.4, 0.5) is 0 Å². The van der Waals surface area contributed by atoms with E-state index >= 15 is 0 Å². The van der Waals surface area contributed by atoms with Gasteiger partial charge >= 0.3 is 0 Å². The van der Waals surface area contributed by atoms with Gasteiger partial charge in [-0.1, -0.05) is 6.07 Å². The topological polar surface area (TPSA) is 71.0 Å². The van der Waals surface area contributed by atoms with Crippen molar-refractivity contribution in [2.75, 3.05) is 27.4 Å². The molecule has 0 saturated heterocycles. The van der Waals surface area contributed by atoms with Crippen molar-refractivity contribution in [3.05, 3.63) is 23.8 Å². The third-order valence-electron chi connectivity index (χ3n) is 2.83. The van der Waals surface area contributed by atoms with Crippen molar-refractivity contribution >= 4 is 0 Å². The molecule has 1 unspecified atom stereocenters. The Kier molecular flexibility index (Phi) is 5.91. The molecule has 0 spiro atoms. The van der Waals surface area contributed by atoms with Crippen molar-refractivity contribution in [3.63, 3.8) is 0 Å². The lowest BCUT2D eigenvalue weighted by molar-refractivity contribution is 0.163. The molecule has 5 nitrogen and oxygen atoms in total. The number of aliphatic hydroxyl groups excluding tert-OH is 2. The molecule has 0 bridgehead atoms. The van der Waals surface area contributed by atoms with Crippen molar-refractivity contribution in [1.29, 1.82) is 0 Å². The van der Waals surface area contributed by atoms with Gasteiger partial charge < -0.3 is 25.0 Å². The highest BCUT2D eigenvalue weighted by molar-refractivity contribution is 5.43. The molecule has 18 heavy (non-hydrogen) atoms. The Hall–Kier alpha value is -1.30. The van der Waals surface area contributed by atoms with Crippen LogP contribution >= 0.6 is 0 Å². The monoisotopic (exact) mass is 255 g/mol. The second-order valence-electron chi connectivity index (χ2n) is 4.06. The van der Waals surface area contributed by atoms with Gasteiger partial charge in [-0.2, -0.15) is 0 Å². The Morgan fingerprint density at radius 2 is 1.72 bits per heavy atom. The lowest BCUT2D eigenvalue weighted by Gasteiger charge is -2.21. The minimum Gasteiger partial charge on any atom is -0.493 e. The average Bonchev–Trinajstić information content (AvgIpc) is 2.43. The van der Waals surface area contributed by atoms with Gasteiger partial charge in [0.15, 0.2) is 11.5 Å². The number of aliphatic hydroxyl groups is 2. The van der Waals surface area contributed by atoms with Crippen molar-refractivity contribution in [2.24, 2.45) is 0 Å². The molecule has 102 valence electrons. The van der Waals surface area contributed by atoms with E-state index in [4.69, 9.17) is 19.7 Å². The first-order chi connectivity index (χ1) is 8.65. The van der Waals surface area contributed by atoms with Gasteiger partial charge in [-0.15, -0.1) is 0 Å². The number of rotatable bonds is 7. The molecule has 0 aromatic heterocycles. The molecule has 1 aromatic carbocycles. The number of nitrogens with one attached hydrogen (secondary N) is 1. The van der Waals surface area contributed by atoms with Crippen molar-refractivity contribution in [2.45, 2.75) is 19.0 Å². The molecule has 0 radical (unpaired) electrons. The largest absolute Gasteiger partial charge is 0.493 e. The number of ether oxygens (including phenoxy) is 2. The van der Waals surface area contributed by atoms with E-state index < -0.39 is 0 Å². The van der Waals surface area contributed by atoms with Crippen LogP contribution in [0.3, 0.4) is 0 Å². The van der Waals surface area contributed by atoms with Crippen molar-refractivity contribution < 1.29 is 19.7 Å². The molecule has 0 fully saturated rings. The van der Waals surface area contributed by atoms with Crippen LogP contribution in [-0.2, 0) is 0 Å². The standard InChI is InChI=1S/C13H21NO4/c1-9(14-11(7-15)8-16)10-4-5-12(17-2)13(6-10)18-3/h4-6,9,11,14-16H,7-8H2,1-3H3. The molecular weight excluding hydrogens is 234 g/mol. The van der Waals surface area contributed by atoms with E-state index in [2.05, 4.69) is 5.32 Å². The Morgan fingerprint density at radius 1 is 1.11 bits per heavy atom. The zero-order valence-corrected chi connectivity index (χ0v) is 11.0. The van der Waals surface area contributed by atoms with Crippen LogP contribution in [0.2, 0.25) is 0 Å². The lowest BCUT2D eigenvalue weighted by atomic mass is 10.1. The maximum Gasteiger partial charge on any atom is 0.161 e. The van der Waals surface area contributed by atoms with Crippen LogP contribution in [0.5, 0.6) is 11.5 Å². The van der Waals surface area contributed by atoms with Crippen LogP contribution in [0.25, 0.3) is 0 Å². The van der Waals surface area contributed by atoms with E-state index in [-0.39, 0.29) is 25.3 Å². The third kappa shape index (κ3) is 3.60. The van der Waals surface area contributed by atoms with Crippen LogP contribution < -0.4 is 14.8 Å². The number of methoxy groups -OCH3 is 2. The highest BCUT2D eigenvalue weighted by Gasteiger charge is 2.13. The third-order valence-corrected chi connectivity index (χ3v) is 2.83. The second-order valence-corrected chi connectivity index (χ2v) is 4.06. The second kappa shape index (κ2) is 7.20. The van der Waals surface area contributed by atoms with E-state index in [0.29, 0.717) is 11.5 Å². The molecule has 3 N–H and O–H groups in total. The fourth-order valence-electron chi connectivity index (χ4n) is 1.74. The summed E-state index contributed by atoms with van der Waals surface area (Å²) in [6, 6.07) is 5.30. The van der Waals surface area contributed by atoms with Crippen LogP contribution in [-0.4, -0.2) is 43.7 Å². The normalized spacial score (nSPS) is 12.6. The maximum absolute atomic E-state index is 9.04. The highest BCUT2D eigenvalue weighted by Crippen LogP contribution is 2.29. The van der Waals surface area contributed by atoms with Gasteiger partial charge in [-0.25, -0.2) is 0 Å². The van der Waals surface area contributed by atoms with Gasteiger partial charge in [0.05, 0.1) is 33.5 Å². The van der Waals surface area contributed by atoms with Crippen LogP contribution in [0.1, 0.15) is 18.5 Å². The maximum atomic E-state index is 9.04. The summed E-state index contributed by atoms with van der Waals surface area (Å²) in [4.78, 5) is 0. The van der Waals surface area contributed by atoms with Gasteiger partial charge in [-0.3, -0.25) is 0 Å². The number of benzene rings is 1. The van der Waals surface area contributed by atoms with Crippen LogP contribution in [0, 0.1) is 0 Å².